The summed E-state index contributed by atoms with van der Waals surface area (Å²) in [5, 5.41) is 18.1. The van der Waals surface area contributed by atoms with E-state index in [0.717, 1.165) is 11.1 Å². The summed E-state index contributed by atoms with van der Waals surface area (Å²) in [7, 11) is 0. The van der Waals surface area contributed by atoms with Crippen LogP contribution in [0.3, 0.4) is 0 Å². The fourth-order valence-corrected chi connectivity index (χ4v) is 4.19. The number of rotatable bonds is 7. The molecule has 0 atom stereocenters. The van der Waals surface area contributed by atoms with Gasteiger partial charge in [0.15, 0.2) is 11.0 Å². The Labute approximate surface area is 198 Å². The van der Waals surface area contributed by atoms with E-state index >= 15 is 0 Å². The molecule has 5 aromatic rings. The maximum Gasteiger partial charge on any atom is 0.247 e. The monoisotopic (exact) mass is 477 g/mol. The minimum Gasteiger partial charge on any atom is -0.420 e. The fourth-order valence-electron chi connectivity index (χ4n) is 3.29. The Morgan fingerprint density at radius 3 is 2.39 bits per heavy atom. The van der Waals surface area contributed by atoms with E-state index in [0.29, 0.717) is 45.6 Å². The molecule has 0 saturated carbocycles. The van der Waals surface area contributed by atoms with Crippen LogP contribution in [0.4, 0.5) is 4.39 Å². The molecule has 0 bridgehead atoms. The minimum atomic E-state index is -0.347. The normalized spacial score (nSPS) is 11.1. The molecule has 33 heavy (non-hydrogen) atoms. The fraction of sp³-hybridized carbons (Fsp3) is 0.0833. The van der Waals surface area contributed by atoms with E-state index in [1.807, 2.05) is 47.0 Å². The van der Waals surface area contributed by atoms with Crippen LogP contribution in [0.15, 0.2) is 88.4 Å². The Kier molecular flexibility index (Phi) is 6.19. The lowest BCUT2D eigenvalue weighted by atomic mass is 10.2. The van der Waals surface area contributed by atoms with Gasteiger partial charge < -0.3 is 4.42 Å². The summed E-state index contributed by atoms with van der Waals surface area (Å²) in [5.74, 6) is 1.38. The van der Waals surface area contributed by atoms with Gasteiger partial charge in [-0.2, -0.15) is 0 Å². The Morgan fingerprint density at radius 2 is 1.61 bits per heavy atom. The van der Waals surface area contributed by atoms with Crippen LogP contribution in [0.25, 0.3) is 22.8 Å². The topological polar surface area (TPSA) is 69.6 Å². The van der Waals surface area contributed by atoms with Gasteiger partial charge in [0.25, 0.3) is 0 Å². The lowest BCUT2D eigenvalue weighted by Crippen LogP contribution is -2.05. The van der Waals surface area contributed by atoms with E-state index in [2.05, 4.69) is 20.4 Å². The van der Waals surface area contributed by atoms with Crippen molar-refractivity contribution in [1.82, 2.24) is 25.0 Å². The van der Waals surface area contributed by atoms with Gasteiger partial charge in [-0.1, -0.05) is 65.8 Å². The molecule has 6 nitrogen and oxygen atoms in total. The van der Waals surface area contributed by atoms with E-state index < -0.39 is 0 Å². The SMILES string of the molecule is Fc1ccccc1-c1nnc(SCc2nnc(-c3ccc(Cl)cc3)o2)n1Cc1ccccc1. The summed E-state index contributed by atoms with van der Waals surface area (Å²) in [4.78, 5) is 0. The molecule has 0 saturated heterocycles. The highest BCUT2D eigenvalue weighted by atomic mass is 35.5. The molecule has 0 N–H and O–H groups in total. The number of thioether (sulfide) groups is 1. The lowest BCUT2D eigenvalue weighted by Gasteiger charge is -2.10. The lowest BCUT2D eigenvalue weighted by molar-refractivity contribution is 0.528. The molecule has 0 aliphatic rings. The first-order valence-corrected chi connectivity index (χ1v) is 11.5. The van der Waals surface area contributed by atoms with Gasteiger partial charge in [-0.15, -0.1) is 20.4 Å². The van der Waals surface area contributed by atoms with Crippen LogP contribution >= 0.6 is 23.4 Å². The molecule has 0 fully saturated rings. The first-order chi connectivity index (χ1) is 16.2. The quantitative estimate of drug-likeness (QED) is 0.263. The van der Waals surface area contributed by atoms with Crippen molar-refractivity contribution in [2.24, 2.45) is 0 Å². The zero-order valence-electron chi connectivity index (χ0n) is 17.2. The Hall–Kier alpha value is -3.49. The molecule has 0 amide bonds. The third-order valence-corrected chi connectivity index (χ3v) is 6.10. The van der Waals surface area contributed by atoms with Crippen LogP contribution in [0, 0.1) is 5.82 Å². The summed E-state index contributed by atoms with van der Waals surface area (Å²) < 4.78 is 22.2. The van der Waals surface area contributed by atoms with Crippen LogP contribution in [0.2, 0.25) is 5.02 Å². The zero-order valence-corrected chi connectivity index (χ0v) is 18.8. The molecule has 0 spiro atoms. The van der Waals surface area contributed by atoms with Crippen LogP contribution in [0.1, 0.15) is 11.5 Å². The Morgan fingerprint density at radius 1 is 0.848 bits per heavy atom. The number of hydrogen-bond acceptors (Lipinski definition) is 6. The summed E-state index contributed by atoms with van der Waals surface area (Å²) >= 11 is 7.34. The number of aromatic nitrogens is 5. The average Bonchev–Trinajstić information content (AvgIpc) is 3.47. The highest BCUT2D eigenvalue weighted by Gasteiger charge is 2.19. The van der Waals surface area contributed by atoms with Crippen LogP contribution in [-0.2, 0) is 12.3 Å². The highest BCUT2D eigenvalue weighted by Crippen LogP contribution is 2.29. The van der Waals surface area contributed by atoms with Crippen molar-refractivity contribution in [2.45, 2.75) is 17.5 Å². The molecular weight excluding hydrogens is 461 g/mol. The van der Waals surface area contributed by atoms with Crippen molar-refractivity contribution in [3.8, 4) is 22.8 Å². The van der Waals surface area contributed by atoms with Crippen molar-refractivity contribution in [3.05, 3.63) is 101 Å². The first-order valence-electron chi connectivity index (χ1n) is 10.1. The second-order valence-corrected chi connectivity index (χ2v) is 8.53. The van der Waals surface area contributed by atoms with E-state index in [4.69, 9.17) is 16.0 Å². The Balaban J connectivity index is 1.41. The van der Waals surface area contributed by atoms with Crippen molar-refractivity contribution in [3.63, 3.8) is 0 Å². The molecule has 5 rings (SSSR count). The minimum absolute atomic E-state index is 0.347. The van der Waals surface area contributed by atoms with Gasteiger partial charge in [-0.05, 0) is 42.0 Å². The van der Waals surface area contributed by atoms with E-state index in [1.54, 1.807) is 30.3 Å². The number of nitrogens with zero attached hydrogens (tertiary/aromatic N) is 5. The van der Waals surface area contributed by atoms with Gasteiger partial charge in [0, 0.05) is 10.6 Å². The molecule has 0 radical (unpaired) electrons. The van der Waals surface area contributed by atoms with Gasteiger partial charge >= 0.3 is 0 Å². The second kappa shape index (κ2) is 9.56. The standard InChI is InChI=1S/C24H17ClFN5OS/c25-18-12-10-17(11-13-18)23-29-27-21(32-23)15-33-24-30-28-22(19-8-4-5-9-20(19)26)31(24)14-16-6-2-1-3-7-16/h1-13H,14-15H2. The predicted molar refractivity (Wildman–Crippen MR) is 125 cm³/mol. The molecule has 9 heteroatoms. The number of halogens is 2. The van der Waals surface area contributed by atoms with Gasteiger partial charge in [0.05, 0.1) is 17.9 Å². The van der Waals surface area contributed by atoms with Gasteiger partial charge in [-0.25, -0.2) is 4.39 Å². The third-order valence-electron chi connectivity index (χ3n) is 4.90. The molecule has 2 aromatic heterocycles. The average molecular weight is 478 g/mol. The van der Waals surface area contributed by atoms with Gasteiger partial charge in [-0.3, -0.25) is 4.57 Å². The third kappa shape index (κ3) is 4.81. The molecule has 0 unspecified atom stereocenters. The zero-order chi connectivity index (χ0) is 22.6. The van der Waals surface area contributed by atoms with Crippen molar-refractivity contribution < 1.29 is 8.81 Å². The van der Waals surface area contributed by atoms with E-state index in [-0.39, 0.29) is 5.82 Å². The van der Waals surface area contributed by atoms with Crippen LogP contribution in [-0.4, -0.2) is 25.0 Å². The van der Waals surface area contributed by atoms with Crippen molar-refractivity contribution in [1.29, 1.82) is 0 Å². The smallest absolute Gasteiger partial charge is 0.247 e. The van der Waals surface area contributed by atoms with Crippen molar-refractivity contribution in [2.75, 3.05) is 0 Å². The first kappa shape index (κ1) is 21.4. The van der Waals surface area contributed by atoms with E-state index in [9.17, 15) is 4.39 Å². The second-order valence-electron chi connectivity index (χ2n) is 7.15. The Bertz CT molecular complexity index is 1370. The molecule has 0 aliphatic carbocycles. The van der Waals surface area contributed by atoms with Crippen LogP contribution in [0.5, 0.6) is 0 Å². The molecule has 2 heterocycles. The highest BCUT2D eigenvalue weighted by molar-refractivity contribution is 7.98. The predicted octanol–water partition coefficient (Wildman–Crippen LogP) is 6.13. The van der Waals surface area contributed by atoms with Crippen LogP contribution < -0.4 is 0 Å². The maximum atomic E-state index is 14.5. The molecule has 0 aliphatic heterocycles. The molecule has 164 valence electrons. The number of hydrogen-bond donors (Lipinski definition) is 0. The summed E-state index contributed by atoms with van der Waals surface area (Å²) in [6.07, 6.45) is 0. The number of benzene rings is 3. The van der Waals surface area contributed by atoms with Gasteiger partial charge in [0.2, 0.25) is 11.8 Å². The maximum absolute atomic E-state index is 14.5. The van der Waals surface area contributed by atoms with Crippen molar-refractivity contribution >= 4 is 23.4 Å². The van der Waals surface area contributed by atoms with E-state index in [1.165, 1.54) is 17.8 Å². The summed E-state index contributed by atoms with van der Waals surface area (Å²) in [6.45, 7) is 0.500. The molecular formula is C24H17ClFN5OS. The van der Waals surface area contributed by atoms with Gasteiger partial charge in [0.1, 0.15) is 5.82 Å². The summed E-state index contributed by atoms with van der Waals surface area (Å²) in [6, 6.07) is 23.6. The summed E-state index contributed by atoms with van der Waals surface area (Å²) in [5.41, 5.74) is 2.24. The molecule has 3 aromatic carbocycles. The largest absolute Gasteiger partial charge is 0.420 e.